The van der Waals surface area contributed by atoms with E-state index in [0.29, 0.717) is 32.7 Å². The fraction of sp³-hybridized carbons (Fsp3) is 0.520. The van der Waals surface area contributed by atoms with Gasteiger partial charge in [0.15, 0.2) is 5.82 Å². The number of methoxy groups -OCH3 is 1. The standard InChI is InChI=1S/C25H33N5O3/c1-3-13-30(25(32)20-5-4-6-20)18-24(31)29-16-14-28(15-17-29)23-12-11-22(26-27-23)19-7-9-21(33-2)10-8-19/h7-12,20H,3-6,13-18H2,1-2H3. The van der Waals surface area contributed by atoms with Crippen molar-refractivity contribution in [2.24, 2.45) is 5.92 Å². The van der Waals surface area contributed by atoms with Crippen LogP contribution in [-0.2, 0) is 9.59 Å². The second-order valence-electron chi connectivity index (χ2n) is 8.76. The van der Waals surface area contributed by atoms with Crippen molar-refractivity contribution in [3.8, 4) is 17.0 Å². The predicted octanol–water partition coefficient (Wildman–Crippen LogP) is 2.84. The largest absolute Gasteiger partial charge is 0.497 e. The Kier molecular flexibility index (Phi) is 7.42. The van der Waals surface area contributed by atoms with Crippen LogP contribution < -0.4 is 9.64 Å². The zero-order valence-electron chi connectivity index (χ0n) is 19.6. The summed E-state index contributed by atoms with van der Waals surface area (Å²) in [7, 11) is 1.65. The summed E-state index contributed by atoms with van der Waals surface area (Å²) in [5.41, 5.74) is 1.79. The van der Waals surface area contributed by atoms with Crippen molar-refractivity contribution in [2.75, 3.05) is 51.3 Å². The summed E-state index contributed by atoms with van der Waals surface area (Å²) < 4.78 is 5.20. The maximum Gasteiger partial charge on any atom is 0.242 e. The molecule has 0 radical (unpaired) electrons. The maximum absolute atomic E-state index is 12.9. The molecule has 1 aliphatic carbocycles. The number of piperazine rings is 1. The molecule has 2 heterocycles. The molecule has 0 unspecified atom stereocenters. The van der Waals surface area contributed by atoms with Gasteiger partial charge in [-0.25, -0.2) is 0 Å². The van der Waals surface area contributed by atoms with Crippen molar-refractivity contribution >= 4 is 17.6 Å². The Hall–Kier alpha value is -3.16. The van der Waals surface area contributed by atoms with E-state index in [1.165, 1.54) is 0 Å². The van der Waals surface area contributed by atoms with Crippen LogP contribution in [0.4, 0.5) is 5.82 Å². The number of amides is 2. The van der Waals surface area contributed by atoms with E-state index in [2.05, 4.69) is 15.1 Å². The number of aromatic nitrogens is 2. The van der Waals surface area contributed by atoms with E-state index in [1.807, 2.05) is 48.2 Å². The minimum absolute atomic E-state index is 0.0386. The van der Waals surface area contributed by atoms with Crippen molar-refractivity contribution in [1.82, 2.24) is 20.0 Å². The number of hydrogen-bond donors (Lipinski definition) is 0. The number of carbonyl (C=O) groups is 2. The molecule has 8 nitrogen and oxygen atoms in total. The third-order valence-corrected chi connectivity index (χ3v) is 6.58. The Morgan fingerprint density at radius 3 is 2.30 bits per heavy atom. The van der Waals surface area contributed by atoms with Crippen LogP contribution in [0.2, 0.25) is 0 Å². The molecule has 1 aromatic heterocycles. The van der Waals surface area contributed by atoms with Gasteiger partial charge in [-0.3, -0.25) is 9.59 Å². The molecule has 8 heteroatoms. The topological polar surface area (TPSA) is 78.9 Å². The van der Waals surface area contributed by atoms with Crippen molar-refractivity contribution in [3.63, 3.8) is 0 Å². The summed E-state index contributed by atoms with van der Waals surface area (Å²) in [5.74, 6) is 1.94. The Labute approximate surface area is 195 Å². The predicted molar refractivity (Wildman–Crippen MR) is 127 cm³/mol. The smallest absolute Gasteiger partial charge is 0.242 e. The van der Waals surface area contributed by atoms with Gasteiger partial charge < -0.3 is 19.4 Å². The molecular formula is C25H33N5O3. The second-order valence-corrected chi connectivity index (χ2v) is 8.76. The summed E-state index contributed by atoms with van der Waals surface area (Å²) in [6.07, 6.45) is 3.91. The molecule has 0 spiro atoms. The Morgan fingerprint density at radius 2 is 1.76 bits per heavy atom. The van der Waals surface area contributed by atoms with Gasteiger partial charge in [0.25, 0.3) is 0 Å². The van der Waals surface area contributed by atoms with Crippen LogP contribution in [0.15, 0.2) is 36.4 Å². The molecule has 1 aromatic carbocycles. The molecule has 2 aliphatic rings. The highest BCUT2D eigenvalue weighted by Crippen LogP contribution is 2.28. The Bertz CT molecular complexity index is 936. The molecule has 33 heavy (non-hydrogen) atoms. The number of hydrogen-bond acceptors (Lipinski definition) is 6. The Morgan fingerprint density at radius 1 is 1.03 bits per heavy atom. The summed E-state index contributed by atoms with van der Waals surface area (Å²) >= 11 is 0. The highest BCUT2D eigenvalue weighted by atomic mass is 16.5. The third-order valence-electron chi connectivity index (χ3n) is 6.58. The first-order valence-electron chi connectivity index (χ1n) is 11.9. The van der Waals surface area contributed by atoms with Crippen LogP contribution in [-0.4, -0.2) is 78.2 Å². The van der Waals surface area contributed by atoms with E-state index in [-0.39, 0.29) is 24.3 Å². The number of benzene rings is 1. The quantitative estimate of drug-likeness (QED) is 0.614. The molecule has 2 amide bonds. The van der Waals surface area contributed by atoms with Gasteiger partial charge in [0.2, 0.25) is 11.8 Å². The molecule has 2 aromatic rings. The molecule has 176 valence electrons. The lowest BCUT2D eigenvalue weighted by atomic mass is 9.84. The Balaban J connectivity index is 1.30. The minimum atomic E-state index is 0.0386. The van der Waals surface area contributed by atoms with Crippen molar-refractivity contribution in [1.29, 1.82) is 0 Å². The zero-order valence-corrected chi connectivity index (χ0v) is 19.6. The van der Waals surface area contributed by atoms with Crippen LogP contribution in [0.3, 0.4) is 0 Å². The first-order chi connectivity index (χ1) is 16.1. The number of ether oxygens (including phenoxy) is 1. The highest BCUT2D eigenvalue weighted by Gasteiger charge is 2.31. The van der Waals surface area contributed by atoms with Gasteiger partial charge in [-0.15, -0.1) is 10.2 Å². The van der Waals surface area contributed by atoms with Crippen molar-refractivity contribution in [3.05, 3.63) is 36.4 Å². The van der Waals surface area contributed by atoms with E-state index >= 15 is 0 Å². The highest BCUT2D eigenvalue weighted by molar-refractivity contribution is 5.86. The minimum Gasteiger partial charge on any atom is -0.497 e. The number of nitrogens with zero attached hydrogens (tertiary/aromatic N) is 5. The lowest BCUT2D eigenvalue weighted by molar-refractivity contribution is -0.144. The van der Waals surface area contributed by atoms with Gasteiger partial charge in [0.05, 0.1) is 19.3 Å². The molecule has 1 aliphatic heterocycles. The summed E-state index contributed by atoms with van der Waals surface area (Å²) in [5, 5.41) is 8.80. The fourth-order valence-electron chi connectivity index (χ4n) is 4.31. The van der Waals surface area contributed by atoms with Crippen molar-refractivity contribution in [2.45, 2.75) is 32.6 Å². The average molecular weight is 452 g/mol. The molecular weight excluding hydrogens is 418 g/mol. The summed E-state index contributed by atoms with van der Waals surface area (Å²) in [4.78, 5) is 31.3. The van der Waals surface area contributed by atoms with Gasteiger partial charge in [-0.05, 0) is 55.7 Å². The summed E-state index contributed by atoms with van der Waals surface area (Å²) in [6.45, 7) is 5.54. The van der Waals surface area contributed by atoms with E-state index in [0.717, 1.165) is 48.5 Å². The van der Waals surface area contributed by atoms with E-state index < -0.39 is 0 Å². The fourth-order valence-corrected chi connectivity index (χ4v) is 4.31. The van der Waals surface area contributed by atoms with Crippen LogP contribution >= 0.6 is 0 Å². The summed E-state index contributed by atoms with van der Waals surface area (Å²) in [6, 6.07) is 11.7. The molecule has 2 fully saturated rings. The third kappa shape index (κ3) is 5.43. The molecule has 0 N–H and O–H groups in total. The molecule has 0 atom stereocenters. The van der Waals surface area contributed by atoms with E-state index in [4.69, 9.17) is 4.74 Å². The monoisotopic (exact) mass is 451 g/mol. The van der Waals surface area contributed by atoms with Crippen molar-refractivity contribution < 1.29 is 14.3 Å². The number of rotatable bonds is 8. The molecule has 1 saturated carbocycles. The number of carbonyl (C=O) groups excluding carboxylic acids is 2. The van der Waals surface area contributed by atoms with E-state index in [1.54, 1.807) is 12.0 Å². The SMILES string of the molecule is CCCN(CC(=O)N1CCN(c2ccc(-c3ccc(OC)cc3)nn2)CC1)C(=O)C1CCC1. The number of anilines is 1. The van der Waals surface area contributed by atoms with Gasteiger partial charge in [0, 0.05) is 44.2 Å². The molecule has 0 bridgehead atoms. The van der Waals surface area contributed by atoms with Gasteiger partial charge in [-0.2, -0.15) is 0 Å². The first-order valence-corrected chi connectivity index (χ1v) is 11.9. The maximum atomic E-state index is 12.9. The van der Waals surface area contributed by atoms with Gasteiger partial charge in [-0.1, -0.05) is 13.3 Å². The van der Waals surface area contributed by atoms with Crippen LogP contribution in [0, 0.1) is 5.92 Å². The van der Waals surface area contributed by atoms with Gasteiger partial charge in [0.1, 0.15) is 5.75 Å². The second kappa shape index (κ2) is 10.6. The average Bonchev–Trinajstić information content (AvgIpc) is 2.83. The first kappa shape index (κ1) is 23.0. The van der Waals surface area contributed by atoms with E-state index in [9.17, 15) is 9.59 Å². The van der Waals surface area contributed by atoms with Crippen LogP contribution in [0.5, 0.6) is 5.75 Å². The molecule has 4 rings (SSSR count). The van der Waals surface area contributed by atoms with Gasteiger partial charge >= 0.3 is 0 Å². The molecule has 1 saturated heterocycles. The normalized spacial score (nSPS) is 16.3. The zero-order chi connectivity index (χ0) is 23.2. The lowest BCUT2D eigenvalue weighted by Crippen LogP contribution is -2.52. The van der Waals surface area contributed by atoms with Crippen LogP contribution in [0.25, 0.3) is 11.3 Å². The lowest BCUT2D eigenvalue weighted by Gasteiger charge is -2.37. The van der Waals surface area contributed by atoms with Crippen LogP contribution in [0.1, 0.15) is 32.6 Å².